The summed E-state index contributed by atoms with van der Waals surface area (Å²) in [7, 11) is 0. The molecule has 0 fully saturated rings. The van der Waals surface area contributed by atoms with Crippen molar-refractivity contribution in [3.63, 3.8) is 0 Å². The molecule has 29 heavy (non-hydrogen) atoms. The van der Waals surface area contributed by atoms with Crippen molar-refractivity contribution in [3.8, 4) is 5.69 Å². The zero-order valence-corrected chi connectivity index (χ0v) is 17.8. The Morgan fingerprint density at radius 2 is 1.79 bits per heavy atom. The van der Waals surface area contributed by atoms with Crippen LogP contribution in [0.5, 0.6) is 0 Å². The predicted molar refractivity (Wildman–Crippen MR) is 117 cm³/mol. The molecule has 1 N–H and O–H groups in total. The van der Waals surface area contributed by atoms with E-state index in [9.17, 15) is 4.79 Å². The SMILES string of the molecule is Cc1nn(-c2ccccc2)c(Cl)c1C(=O)Nc1nnc(SCc2ccccc2)s1. The average Bonchev–Trinajstić information content (AvgIpc) is 3.31. The maximum absolute atomic E-state index is 12.8. The maximum Gasteiger partial charge on any atom is 0.262 e. The van der Waals surface area contributed by atoms with Gasteiger partial charge < -0.3 is 0 Å². The molecule has 0 radical (unpaired) electrons. The standard InChI is InChI=1S/C20H16ClN5OS2/c1-13-16(17(21)26(25-13)15-10-6-3-7-11-15)18(27)22-19-23-24-20(29-19)28-12-14-8-4-2-5-9-14/h2-11H,12H2,1H3,(H,22,23,27). The minimum Gasteiger partial charge on any atom is -0.296 e. The molecule has 0 spiro atoms. The van der Waals surface area contributed by atoms with Gasteiger partial charge in [0, 0.05) is 5.75 Å². The number of nitrogens with zero attached hydrogens (tertiary/aromatic N) is 4. The van der Waals surface area contributed by atoms with Crippen LogP contribution in [0.2, 0.25) is 5.15 Å². The van der Waals surface area contributed by atoms with Gasteiger partial charge in [-0.2, -0.15) is 5.10 Å². The third kappa shape index (κ3) is 4.50. The maximum atomic E-state index is 12.8. The number of thioether (sulfide) groups is 1. The Kier molecular flexibility index (Phi) is 5.94. The van der Waals surface area contributed by atoms with E-state index in [0.717, 1.165) is 15.8 Å². The van der Waals surface area contributed by atoms with Gasteiger partial charge in [0.05, 0.1) is 11.4 Å². The Hall–Kier alpha value is -2.68. The van der Waals surface area contributed by atoms with E-state index in [1.165, 1.54) is 16.9 Å². The number of hydrogen-bond acceptors (Lipinski definition) is 6. The second-order valence-electron chi connectivity index (χ2n) is 6.10. The predicted octanol–water partition coefficient (Wildman–Crippen LogP) is 5.23. The number of nitrogens with one attached hydrogen (secondary N) is 1. The van der Waals surface area contributed by atoms with Gasteiger partial charge in [0.1, 0.15) is 10.7 Å². The fourth-order valence-electron chi connectivity index (χ4n) is 2.69. The lowest BCUT2D eigenvalue weighted by atomic mass is 10.2. The third-order valence-electron chi connectivity index (χ3n) is 4.06. The molecule has 2 aromatic heterocycles. The van der Waals surface area contributed by atoms with Gasteiger partial charge in [0.2, 0.25) is 5.13 Å². The molecule has 0 aliphatic carbocycles. The van der Waals surface area contributed by atoms with E-state index in [0.29, 0.717) is 16.4 Å². The first kappa shape index (κ1) is 19.6. The first-order valence-corrected chi connectivity index (χ1v) is 10.9. The van der Waals surface area contributed by atoms with Crippen LogP contribution >= 0.6 is 34.7 Å². The van der Waals surface area contributed by atoms with Crippen LogP contribution in [0.1, 0.15) is 21.6 Å². The van der Waals surface area contributed by atoms with Crippen molar-refractivity contribution in [3.05, 3.63) is 82.6 Å². The van der Waals surface area contributed by atoms with E-state index in [1.807, 2.05) is 48.5 Å². The summed E-state index contributed by atoms with van der Waals surface area (Å²) in [6.07, 6.45) is 0. The normalized spacial score (nSPS) is 10.8. The molecule has 6 nitrogen and oxygen atoms in total. The quantitative estimate of drug-likeness (QED) is 0.327. The number of amides is 1. The highest BCUT2D eigenvalue weighted by molar-refractivity contribution is 8.00. The molecular formula is C20H16ClN5OS2. The van der Waals surface area contributed by atoms with E-state index in [2.05, 4.69) is 32.7 Å². The van der Waals surface area contributed by atoms with Crippen molar-refractivity contribution in [1.29, 1.82) is 0 Å². The Bertz CT molecular complexity index is 1130. The van der Waals surface area contributed by atoms with E-state index in [4.69, 9.17) is 11.6 Å². The molecule has 0 saturated carbocycles. The van der Waals surface area contributed by atoms with Gasteiger partial charge in [-0.3, -0.25) is 10.1 Å². The summed E-state index contributed by atoms with van der Waals surface area (Å²) in [5.41, 5.74) is 2.85. The van der Waals surface area contributed by atoms with E-state index < -0.39 is 0 Å². The van der Waals surface area contributed by atoms with Gasteiger partial charge in [-0.05, 0) is 24.6 Å². The van der Waals surface area contributed by atoms with Crippen molar-refractivity contribution in [1.82, 2.24) is 20.0 Å². The minimum absolute atomic E-state index is 0.259. The summed E-state index contributed by atoms with van der Waals surface area (Å²) in [6, 6.07) is 19.5. The molecule has 1 amide bonds. The second kappa shape index (κ2) is 8.77. The van der Waals surface area contributed by atoms with Crippen LogP contribution in [-0.2, 0) is 5.75 Å². The van der Waals surface area contributed by atoms with Gasteiger partial charge >= 0.3 is 0 Å². The molecule has 4 rings (SSSR count). The zero-order valence-electron chi connectivity index (χ0n) is 15.4. The highest BCUT2D eigenvalue weighted by atomic mass is 35.5. The Balaban J connectivity index is 1.46. The molecule has 9 heteroatoms. The molecule has 0 aliphatic heterocycles. The van der Waals surface area contributed by atoms with E-state index >= 15 is 0 Å². The summed E-state index contributed by atoms with van der Waals surface area (Å²) < 4.78 is 2.33. The molecule has 0 bridgehead atoms. The fraction of sp³-hybridized carbons (Fsp3) is 0.100. The average molecular weight is 442 g/mol. The van der Waals surface area contributed by atoms with E-state index in [-0.39, 0.29) is 11.1 Å². The van der Waals surface area contributed by atoms with Crippen LogP contribution in [0, 0.1) is 6.92 Å². The Morgan fingerprint density at radius 1 is 1.10 bits per heavy atom. The lowest BCUT2D eigenvalue weighted by Gasteiger charge is -2.03. The van der Waals surface area contributed by atoms with Crippen LogP contribution < -0.4 is 5.32 Å². The number of aryl methyl sites for hydroxylation is 1. The number of carbonyl (C=O) groups excluding carboxylic acids is 1. The first-order chi connectivity index (χ1) is 14.1. The molecule has 0 aliphatic rings. The summed E-state index contributed by atoms with van der Waals surface area (Å²) >= 11 is 9.36. The topological polar surface area (TPSA) is 72.7 Å². The first-order valence-electron chi connectivity index (χ1n) is 8.74. The third-order valence-corrected chi connectivity index (χ3v) is 6.46. The molecule has 0 unspecified atom stereocenters. The molecule has 4 aromatic rings. The molecule has 146 valence electrons. The van der Waals surface area contributed by atoms with Gasteiger partial charge in [-0.15, -0.1) is 10.2 Å². The largest absolute Gasteiger partial charge is 0.296 e. The Morgan fingerprint density at radius 3 is 2.52 bits per heavy atom. The molecule has 0 saturated heterocycles. The minimum atomic E-state index is -0.356. The highest BCUT2D eigenvalue weighted by Gasteiger charge is 2.22. The fourth-order valence-corrected chi connectivity index (χ4v) is 4.76. The molecule has 2 heterocycles. The molecular weight excluding hydrogens is 426 g/mol. The van der Waals surface area contributed by atoms with Crippen LogP contribution in [0.4, 0.5) is 5.13 Å². The summed E-state index contributed by atoms with van der Waals surface area (Å²) in [5.74, 6) is 0.434. The van der Waals surface area contributed by atoms with Crippen molar-refractivity contribution in [2.45, 2.75) is 17.0 Å². The van der Waals surface area contributed by atoms with Crippen LogP contribution in [0.15, 0.2) is 65.0 Å². The number of anilines is 1. The van der Waals surface area contributed by atoms with Gasteiger partial charge in [-0.25, -0.2) is 4.68 Å². The van der Waals surface area contributed by atoms with E-state index in [1.54, 1.807) is 23.4 Å². The number of para-hydroxylation sites is 1. The van der Waals surface area contributed by atoms with Crippen molar-refractivity contribution < 1.29 is 4.79 Å². The lowest BCUT2D eigenvalue weighted by molar-refractivity contribution is 0.102. The van der Waals surface area contributed by atoms with Crippen LogP contribution in [0.3, 0.4) is 0 Å². The number of benzene rings is 2. The smallest absolute Gasteiger partial charge is 0.262 e. The van der Waals surface area contributed by atoms with Gasteiger partial charge in [-0.1, -0.05) is 83.2 Å². The Labute approximate surface area is 180 Å². The summed E-state index contributed by atoms with van der Waals surface area (Å²) in [4.78, 5) is 12.8. The number of carbonyl (C=O) groups is 1. The molecule has 2 aromatic carbocycles. The summed E-state index contributed by atoms with van der Waals surface area (Å²) in [5, 5.41) is 16.1. The second-order valence-corrected chi connectivity index (χ2v) is 8.66. The van der Waals surface area contributed by atoms with Crippen molar-refractivity contribution in [2.75, 3.05) is 5.32 Å². The van der Waals surface area contributed by atoms with Gasteiger partial charge in [0.25, 0.3) is 5.91 Å². The number of halogens is 1. The lowest BCUT2D eigenvalue weighted by Crippen LogP contribution is -2.13. The summed E-state index contributed by atoms with van der Waals surface area (Å²) in [6.45, 7) is 1.75. The van der Waals surface area contributed by atoms with Crippen LogP contribution in [-0.4, -0.2) is 25.9 Å². The number of aromatic nitrogens is 4. The van der Waals surface area contributed by atoms with Gasteiger partial charge in [0.15, 0.2) is 4.34 Å². The monoisotopic (exact) mass is 441 g/mol. The van der Waals surface area contributed by atoms with Crippen molar-refractivity contribution >= 4 is 45.7 Å². The molecule has 0 atom stereocenters. The highest BCUT2D eigenvalue weighted by Crippen LogP contribution is 2.29. The number of rotatable bonds is 6. The van der Waals surface area contributed by atoms with Crippen molar-refractivity contribution in [2.24, 2.45) is 0 Å². The zero-order chi connectivity index (χ0) is 20.2. The number of hydrogen-bond donors (Lipinski definition) is 1. The van der Waals surface area contributed by atoms with Crippen LogP contribution in [0.25, 0.3) is 5.69 Å².